The molecule has 0 amide bonds. The number of nitro groups is 1. The van der Waals surface area contributed by atoms with Crippen LogP contribution >= 0.6 is 0 Å². The standard InChI is InChI=1S/C13H16N4O2/c18-17(19)12-8-4-7-11-13(12)14-15-16(11)9-10-5-2-1-3-6-10/h4,7-8,10H,1-3,5-6,9H2. The summed E-state index contributed by atoms with van der Waals surface area (Å²) >= 11 is 0. The first-order valence-corrected chi connectivity index (χ1v) is 6.72. The van der Waals surface area contributed by atoms with Crippen molar-refractivity contribution in [2.75, 3.05) is 0 Å². The van der Waals surface area contributed by atoms with Crippen LogP contribution in [0.15, 0.2) is 18.2 Å². The molecule has 1 fully saturated rings. The van der Waals surface area contributed by atoms with Crippen molar-refractivity contribution >= 4 is 16.7 Å². The molecule has 3 rings (SSSR count). The third-order valence-electron chi connectivity index (χ3n) is 3.88. The van der Waals surface area contributed by atoms with E-state index in [1.165, 1.54) is 38.2 Å². The number of nitrogens with zero attached hydrogens (tertiary/aromatic N) is 4. The minimum absolute atomic E-state index is 0.0346. The summed E-state index contributed by atoms with van der Waals surface area (Å²) in [6.45, 7) is 0.817. The number of fused-ring (bicyclic) bond motifs is 1. The second-order valence-electron chi connectivity index (χ2n) is 5.18. The average molecular weight is 260 g/mol. The van der Waals surface area contributed by atoms with Crippen LogP contribution in [0.5, 0.6) is 0 Å². The molecule has 6 heteroatoms. The first-order valence-electron chi connectivity index (χ1n) is 6.72. The number of hydrogen-bond donors (Lipinski definition) is 0. The van der Waals surface area contributed by atoms with Crippen LogP contribution in [-0.4, -0.2) is 19.9 Å². The van der Waals surface area contributed by atoms with E-state index in [4.69, 9.17) is 0 Å². The predicted molar refractivity (Wildman–Crippen MR) is 70.8 cm³/mol. The molecule has 1 aromatic heterocycles. The highest BCUT2D eigenvalue weighted by molar-refractivity contribution is 5.83. The molecule has 0 saturated heterocycles. The molecule has 0 bridgehead atoms. The lowest BCUT2D eigenvalue weighted by Crippen LogP contribution is -2.15. The molecule has 0 unspecified atom stereocenters. The van der Waals surface area contributed by atoms with Crippen LogP contribution in [0, 0.1) is 16.0 Å². The molecule has 1 aromatic carbocycles. The number of hydrogen-bond acceptors (Lipinski definition) is 4. The Hall–Kier alpha value is -1.98. The number of benzene rings is 1. The highest BCUT2D eigenvalue weighted by Crippen LogP contribution is 2.27. The third-order valence-corrected chi connectivity index (χ3v) is 3.88. The van der Waals surface area contributed by atoms with Gasteiger partial charge in [-0.15, -0.1) is 5.10 Å². The maximum atomic E-state index is 10.9. The van der Waals surface area contributed by atoms with E-state index >= 15 is 0 Å². The fourth-order valence-corrected chi connectivity index (χ4v) is 2.87. The van der Waals surface area contributed by atoms with Crippen LogP contribution in [-0.2, 0) is 6.54 Å². The third kappa shape index (κ3) is 2.30. The van der Waals surface area contributed by atoms with Gasteiger partial charge in [-0.25, -0.2) is 4.68 Å². The van der Waals surface area contributed by atoms with Gasteiger partial charge in [-0.2, -0.15) is 0 Å². The Balaban J connectivity index is 1.92. The Kier molecular flexibility index (Phi) is 3.15. The van der Waals surface area contributed by atoms with Gasteiger partial charge >= 0.3 is 0 Å². The maximum absolute atomic E-state index is 10.9. The summed E-state index contributed by atoms with van der Waals surface area (Å²) < 4.78 is 1.82. The average Bonchev–Trinajstić information content (AvgIpc) is 2.83. The first kappa shape index (κ1) is 12.1. The lowest BCUT2D eigenvalue weighted by molar-refractivity contribution is -0.383. The number of aromatic nitrogens is 3. The van der Waals surface area contributed by atoms with E-state index in [9.17, 15) is 10.1 Å². The minimum Gasteiger partial charge on any atom is -0.258 e. The van der Waals surface area contributed by atoms with Crippen LogP contribution in [0.2, 0.25) is 0 Å². The van der Waals surface area contributed by atoms with Crippen molar-refractivity contribution in [1.82, 2.24) is 15.0 Å². The van der Waals surface area contributed by atoms with Gasteiger partial charge in [-0.05, 0) is 24.8 Å². The van der Waals surface area contributed by atoms with Gasteiger partial charge in [-0.1, -0.05) is 30.5 Å². The van der Waals surface area contributed by atoms with Crippen molar-refractivity contribution in [2.45, 2.75) is 38.6 Å². The van der Waals surface area contributed by atoms with Crippen LogP contribution < -0.4 is 0 Å². The number of non-ortho nitro benzene ring substituents is 1. The minimum atomic E-state index is -0.401. The van der Waals surface area contributed by atoms with E-state index in [0.29, 0.717) is 11.4 Å². The normalized spacial score (nSPS) is 16.8. The summed E-state index contributed by atoms with van der Waals surface area (Å²) in [4.78, 5) is 10.5. The monoisotopic (exact) mass is 260 g/mol. The zero-order valence-corrected chi connectivity index (χ0v) is 10.7. The molecule has 0 spiro atoms. The zero-order chi connectivity index (χ0) is 13.2. The number of nitro benzene ring substituents is 1. The molecular weight excluding hydrogens is 244 g/mol. The van der Waals surface area contributed by atoms with E-state index in [0.717, 1.165) is 12.1 Å². The van der Waals surface area contributed by atoms with Crippen molar-refractivity contribution in [2.24, 2.45) is 5.92 Å². The second-order valence-corrected chi connectivity index (χ2v) is 5.18. The molecule has 0 atom stereocenters. The fourth-order valence-electron chi connectivity index (χ4n) is 2.87. The van der Waals surface area contributed by atoms with E-state index < -0.39 is 4.92 Å². The quantitative estimate of drug-likeness (QED) is 0.628. The Morgan fingerprint density at radius 1 is 1.32 bits per heavy atom. The molecule has 0 N–H and O–H groups in total. The van der Waals surface area contributed by atoms with Gasteiger partial charge in [-0.3, -0.25) is 10.1 Å². The molecule has 1 saturated carbocycles. The SMILES string of the molecule is O=[N+]([O-])c1cccc2c1nnn2CC1CCCCC1. The lowest BCUT2D eigenvalue weighted by atomic mass is 9.89. The molecule has 2 aromatic rings. The summed E-state index contributed by atoms with van der Waals surface area (Å²) in [5.74, 6) is 0.623. The molecule has 1 aliphatic rings. The zero-order valence-electron chi connectivity index (χ0n) is 10.7. The predicted octanol–water partition coefficient (Wildman–Crippen LogP) is 2.92. The van der Waals surface area contributed by atoms with Crippen LogP contribution in [0.25, 0.3) is 11.0 Å². The van der Waals surface area contributed by atoms with Crippen molar-refractivity contribution in [1.29, 1.82) is 0 Å². The van der Waals surface area contributed by atoms with Gasteiger partial charge in [0.2, 0.25) is 0 Å². The van der Waals surface area contributed by atoms with E-state index in [2.05, 4.69) is 10.3 Å². The van der Waals surface area contributed by atoms with Gasteiger partial charge in [0.15, 0.2) is 5.52 Å². The molecule has 19 heavy (non-hydrogen) atoms. The Bertz CT molecular complexity index is 602. The van der Waals surface area contributed by atoms with Crippen molar-refractivity contribution in [3.63, 3.8) is 0 Å². The number of rotatable bonds is 3. The van der Waals surface area contributed by atoms with Crippen LogP contribution in [0.1, 0.15) is 32.1 Å². The molecule has 1 heterocycles. The highest BCUT2D eigenvalue weighted by atomic mass is 16.6. The van der Waals surface area contributed by atoms with Gasteiger partial charge < -0.3 is 0 Å². The molecule has 100 valence electrons. The van der Waals surface area contributed by atoms with Gasteiger partial charge in [0.25, 0.3) is 5.69 Å². The first-order chi connectivity index (χ1) is 9.25. The van der Waals surface area contributed by atoms with Crippen molar-refractivity contribution in [3.8, 4) is 0 Å². The van der Waals surface area contributed by atoms with E-state index in [1.807, 2.05) is 10.7 Å². The Morgan fingerprint density at radius 3 is 2.84 bits per heavy atom. The van der Waals surface area contributed by atoms with Crippen molar-refractivity contribution < 1.29 is 4.92 Å². The molecule has 6 nitrogen and oxygen atoms in total. The maximum Gasteiger partial charge on any atom is 0.299 e. The van der Waals surface area contributed by atoms with Gasteiger partial charge in [0, 0.05) is 12.6 Å². The Morgan fingerprint density at radius 2 is 2.11 bits per heavy atom. The molecule has 1 aliphatic carbocycles. The summed E-state index contributed by atoms with van der Waals surface area (Å²) in [6.07, 6.45) is 6.31. The lowest BCUT2D eigenvalue weighted by Gasteiger charge is -2.21. The second kappa shape index (κ2) is 4.95. The molecule has 0 aliphatic heterocycles. The largest absolute Gasteiger partial charge is 0.299 e. The highest BCUT2D eigenvalue weighted by Gasteiger charge is 2.19. The smallest absolute Gasteiger partial charge is 0.258 e. The molecule has 0 radical (unpaired) electrons. The fraction of sp³-hybridized carbons (Fsp3) is 0.538. The van der Waals surface area contributed by atoms with E-state index in [-0.39, 0.29) is 5.69 Å². The summed E-state index contributed by atoms with van der Waals surface area (Å²) in [7, 11) is 0. The van der Waals surface area contributed by atoms with Crippen LogP contribution in [0.4, 0.5) is 5.69 Å². The van der Waals surface area contributed by atoms with Crippen molar-refractivity contribution in [3.05, 3.63) is 28.3 Å². The topological polar surface area (TPSA) is 73.8 Å². The van der Waals surface area contributed by atoms with E-state index in [1.54, 1.807) is 6.07 Å². The summed E-state index contributed by atoms with van der Waals surface area (Å²) in [6, 6.07) is 5.02. The summed E-state index contributed by atoms with van der Waals surface area (Å²) in [5, 5.41) is 19.0. The Labute approximate surface area is 110 Å². The van der Waals surface area contributed by atoms with Gasteiger partial charge in [0.1, 0.15) is 0 Å². The molecular formula is C13H16N4O2. The summed E-state index contributed by atoms with van der Waals surface area (Å²) in [5.41, 5.74) is 1.19. The van der Waals surface area contributed by atoms with Crippen LogP contribution in [0.3, 0.4) is 0 Å². The van der Waals surface area contributed by atoms with Gasteiger partial charge in [0.05, 0.1) is 10.4 Å².